The number of nitrogens with one attached hydrogen (secondary N) is 1. The van der Waals surface area contributed by atoms with Crippen LogP contribution in [0.3, 0.4) is 0 Å². The monoisotopic (exact) mass is 312 g/mol. The van der Waals surface area contributed by atoms with Crippen LogP contribution >= 0.6 is 0 Å². The molecule has 0 unspecified atom stereocenters. The van der Waals surface area contributed by atoms with E-state index in [1.807, 2.05) is 0 Å². The molecular formula is C13H13FN2O4S. The zero-order chi connectivity index (χ0) is 15.5. The van der Waals surface area contributed by atoms with Gasteiger partial charge in [-0.25, -0.2) is 17.8 Å². The number of amides is 1. The maximum absolute atomic E-state index is 12.8. The van der Waals surface area contributed by atoms with Gasteiger partial charge >= 0.3 is 0 Å². The van der Waals surface area contributed by atoms with E-state index >= 15 is 0 Å². The first-order valence-corrected chi connectivity index (χ1v) is 7.83. The van der Waals surface area contributed by atoms with Crippen LogP contribution in [0.25, 0.3) is 11.5 Å². The summed E-state index contributed by atoms with van der Waals surface area (Å²) in [6.45, 7) is 0. The summed E-state index contributed by atoms with van der Waals surface area (Å²) in [7, 11) is -2.25. The van der Waals surface area contributed by atoms with Crippen LogP contribution in [0.1, 0.15) is 5.69 Å². The normalized spacial score (nSPS) is 11.3. The summed E-state index contributed by atoms with van der Waals surface area (Å²) in [5, 5.41) is 2.25. The summed E-state index contributed by atoms with van der Waals surface area (Å²) < 4.78 is 41.5. The van der Waals surface area contributed by atoms with E-state index in [0.29, 0.717) is 5.56 Å². The Morgan fingerprint density at radius 1 is 1.33 bits per heavy atom. The smallest absolute Gasteiger partial charge is 0.234 e. The number of benzene rings is 1. The highest BCUT2D eigenvalue weighted by Crippen LogP contribution is 2.19. The molecule has 21 heavy (non-hydrogen) atoms. The van der Waals surface area contributed by atoms with Gasteiger partial charge in [0.2, 0.25) is 11.8 Å². The van der Waals surface area contributed by atoms with Gasteiger partial charge in [-0.3, -0.25) is 4.79 Å². The highest BCUT2D eigenvalue weighted by atomic mass is 32.2. The minimum Gasteiger partial charge on any atom is -0.444 e. The van der Waals surface area contributed by atoms with Gasteiger partial charge in [0.1, 0.15) is 17.8 Å². The molecule has 0 saturated heterocycles. The van der Waals surface area contributed by atoms with Gasteiger partial charge in [-0.2, -0.15) is 0 Å². The van der Waals surface area contributed by atoms with Gasteiger partial charge in [-0.15, -0.1) is 0 Å². The first kappa shape index (κ1) is 15.2. The van der Waals surface area contributed by atoms with Crippen molar-refractivity contribution in [1.29, 1.82) is 0 Å². The SMILES string of the molecule is CNC(=O)CS(=O)(=O)Cc1coc(-c2ccc(F)cc2)n1. The van der Waals surface area contributed by atoms with Gasteiger partial charge in [-0.1, -0.05) is 0 Å². The lowest BCUT2D eigenvalue weighted by Crippen LogP contribution is -2.27. The van der Waals surface area contributed by atoms with E-state index in [0.717, 1.165) is 0 Å². The van der Waals surface area contributed by atoms with Gasteiger partial charge in [0.05, 0.1) is 11.4 Å². The number of hydrogen-bond donors (Lipinski definition) is 1. The predicted molar refractivity (Wildman–Crippen MR) is 73.5 cm³/mol. The standard InChI is InChI=1S/C13H13FN2O4S/c1-15-12(17)8-21(18,19)7-11-6-20-13(16-11)9-2-4-10(14)5-3-9/h2-6H,7-8H2,1H3,(H,15,17). The van der Waals surface area contributed by atoms with Crippen molar-refractivity contribution < 1.29 is 22.0 Å². The maximum Gasteiger partial charge on any atom is 0.234 e. The van der Waals surface area contributed by atoms with E-state index in [1.165, 1.54) is 37.6 Å². The minimum atomic E-state index is -3.62. The Kier molecular flexibility index (Phi) is 4.37. The summed E-state index contributed by atoms with van der Waals surface area (Å²) in [5.41, 5.74) is 0.726. The van der Waals surface area contributed by atoms with Gasteiger partial charge in [0.25, 0.3) is 0 Å². The van der Waals surface area contributed by atoms with Crippen LogP contribution in [-0.2, 0) is 20.4 Å². The first-order valence-electron chi connectivity index (χ1n) is 6.01. The molecule has 0 fully saturated rings. The zero-order valence-electron chi connectivity index (χ0n) is 11.2. The molecule has 0 aliphatic rings. The van der Waals surface area contributed by atoms with E-state index in [-0.39, 0.29) is 11.6 Å². The van der Waals surface area contributed by atoms with Gasteiger partial charge < -0.3 is 9.73 Å². The summed E-state index contributed by atoms with van der Waals surface area (Å²) >= 11 is 0. The molecule has 2 aromatic rings. The molecule has 8 heteroatoms. The number of hydrogen-bond acceptors (Lipinski definition) is 5. The molecule has 0 saturated carbocycles. The predicted octanol–water partition coefficient (Wildman–Crippen LogP) is 1.14. The zero-order valence-corrected chi connectivity index (χ0v) is 12.0. The number of rotatable bonds is 5. The third-order valence-electron chi connectivity index (χ3n) is 2.64. The lowest BCUT2D eigenvalue weighted by atomic mass is 10.2. The van der Waals surface area contributed by atoms with Crippen molar-refractivity contribution in [3.05, 3.63) is 42.0 Å². The minimum absolute atomic E-state index is 0.193. The van der Waals surface area contributed by atoms with Crippen molar-refractivity contribution >= 4 is 15.7 Å². The molecule has 0 spiro atoms. The molecule has 1 aromatic heterocycles. The van der Waals surface area contributed by atoms with E-state index in [1.54, 1.807) is 0 Å². The largest absolute Gasteiger partial charge is 0.444 e. The fraction of sp³-hybridized carbons (Fsp3) is 0.231. The second-order valence-electron chi connectivity index (χ2n) is 4.36. The third-order valence-corrected chi connectivity index (χ3v) is 4.08. The highest BCUT2D eigenvalue weighted by Gasteiger charge is 2.19. The van der Waals surface area contributed by atoms with Crippen LogP contribution in [0.5, 0.6) is 0 Å². The van der Waals surface area contributed by atoms with E-state index in [9.17, 15) is 17.6 Å². The molecule has 0 bridgehead atoms. The molecule has 112 valence electrons. The van der Waals surface area contributed by atoms with E-state index in [2.05, 4.69) is 10.3 Å². The van der Waals surface area contributed by atoms with Gasteiger partial charge in [-0.05, 0) is 24.3 Å². The molecule has 2 rings (SSSR count). The average molecular weight is 312 g/mol. The Labute approximate surface area is 120 Å². The van der Waals surface area contributed by atoms with Crippen LogP contribution in [-0.4, -0.2) is 32.1 Å². The summed E-state index contributed by atoms with van der Waals surface area (Å²) in [4.78, 5) is 15.1. The van der Waals surface area contributed by atoms with E-state index < -0.39 is 33.1 Å². The van der Waals surface area contributed by atoms with Crippen molar-refractivity contribution in [2.24, 2.45) is 0 Å². The number of halogens is 1. The van der Waals surface area contributed by atoms with Gasteiger partial charge in [0, 0.05) is 12.6 Å². The Morgan fingerprint density at radius 2 is 2.00 bits per heavy atom. The summed E-state index contributed by atoms with van der Waals surface area (Å²) in [6.07, 6.45) is 1.21. The maximum atomic E-state index is 12.8. The van der Waals surface area contributed by atoms with Crippen LogP contribution in [0, 0.1) is 5.82 Å². The number of sulfone groups is 1. The van der Waals surface area contributed by atoms with Crippen LogP contribution in [0.2, 0.25) is 0 Å². The number of nitrogens with zero attached hydrogens (tertiary/aromatic N) is 1. The van der Waals surface area contributed by atoms with Crippen LogP contribution in [0.4, 0.5) is 4.39 Å². The number of aromatic nitrogens is 1. The molecule has 0 aliphatic carbocycles. The quantitative estimate of drug-likeness (QED) is 0.894. The fourth-order valence-corrected chi connectivity index (χ4v) is 2.88. The Morgan fingerprint density at radius 3 is 2.62 bits per heavy atom. The lowest BCUT2D eigenvalue weighted by molar-refractivity contribution is -0.118. The number of oxazole rings is 1. The first-order chi connectivity index (χ1) is 9.89. The molecule has 1 aromatic carbocycles. The molecule has 1 N–H and O–H groups in total. The molecule has 0 atom stereocenters. The van der Waals surface area contributed by atoms with Crippen molar-refractivity contribution in [2.75, 3.05) is 12.8 Å². The molecule has 0 aliphatic heterocycles. The molecular weight excluding hydrogens is 299 g/mol. The van der Waals surface area contributed by atoms with Crippen LogP contribution in [0.15, 0.2) is 34.9 Å². The lowest BCUT2D eigenvalue weighted by Gasteiger charge is -2.00. The molecule has 0 radical (unpaired) electrons. The van der Waals surface area contributed by atoms with Crippen molar-refractivity contribution in [1.82, 2.24) is 10.3 Å². The molecule has 1 heterocycles. The van der Waals surface area contributed by atoms with Crippen LogP contribution < -0.4 is 5.32 Å². The second kappa shape index (κ2) is 6.04. The Bertz CT molecular complexity index is 738. The number of carbonyl (C=O) groups excluding carboxylic acids is 1. The Hall–Kier alpha value is -2.22. The number of carbonyl (C=O) groups is 1. The summed E-state index contributed by atoms with van der Waals surface area (Å²) in [5.74, 6) is -1.79. The third kappa shape index (κ3) is 4.12. The van der Waals surface area contributed by atoms with E-state index in [4.69, 9.17) is 4.42 Å². The highest BCUT2D eigenvalue weighted by molar-refractivity contribution is 7.91. The van der Waals surface area contributed by atoms with Crippen molar-refractivity contribution in [3.8, 4) is 11.5 Å². The fourth-order valence-electron chi connectivity index (χ4n) is 1.65. The summed E-state index contributed by atoms with van der Waals surface area (Å²) in [6, 6.07) is 5.46. The molecule has 6 nitrogen and oxygen atoms in total. The average Bonchev–Trinajstić information content (AvgIpc) is 2.86. The van der Waals surface area contributed by atoms with Crippen molar-refractivity contribution in [2.45, 2.75) is 5.75 Å². The topological polar surface area (TPSA) is 89.3 Å². The second-order valence-corrected chi connectivity index (χ2v) is 6.42. The molecule has 1 amide bonds. The van der Waals surface area contributed by atoms with Gasteiger partial charge in [0.15, 0.2) is 9.84 Å². The van der Waals surface area contributed by atoms with Crippen molar-refractivity contribution in [3.63, 3.8) is 0 Å². The Balaban J connectivity index is 2.13.